The van der Waals surface area contributed by atoms with Crippen LogP contribution in [-0.2, 0) is 7.05 Å². The largest absolute Gasteiger partial charge is 0.506 e. The zero-order chi connectivity index (χ0) is 10.7. The first-order valence-electron chi connectivity index (χ1n) is 4.57. The minimum atomic E-state index is 0.169. The van der Waals surface area contributed by atoms with E-state index in [1.54, 1.807) is 30.6 Å². The Labute approximate surface area is 87.5 Å². The second-order valence-corrected chi connectivity index (χ2v) is 3.14. The second-order valence-electron chi connectivity index (χ2n) is 3.14. The first-order chi connectivity index (χ1) is 7.27. The fourth-order valence-corrected chi connectivity index (χ4v) is 1.20. The number of para-hydroxylation sites is 2. The summed E-state index contributed by atoms with van der Waals surface area (Å²) in [7, 11) is 1.89. The molecule has 0 saturated carbocycles. The monoisotopic (exact) mass is 201 g/mol. The molecule has 0 fully saturated rings. The van der Waals surface area contributed by atoms with Crippen LogP contribution in [0.5, 0.6) is 5.75 Å². The Morgan fingerprint density at radius 3 is 2.87 bits per heavy atom. The van der Waals surface area contributed by atoms with Gasteiger partial charge in [-0.1, -0.05) is 12.1 Å². The number of rotatable bonds is 2. The van der Waals surface area contributed by atoms with Gasteiger partial charge in [-0.25, -0.2) is 9.98 Å². The molecule has 1 N–H and O–H groups in total. The molecule has 0 radical (unpaired) electrons. The SMILES string of the molecule is Cn1ccnc1C=Nc1ccccc1O. The number of benzene rings is 1. The summed E-state index contributed by atoms with van der Waals surface area (Å²) >= 11 is 0. The van der Waals surface area contributed by atoms with Crippen LogP contribution in [-0.4, -0.2) is 20.9 Å². The van der Waals surface area contributed by atoms with Gasteiger partial charge in [0.05, 0.1) is 6.21 Å². The van der Waals surface area contributed by atoms with Crippen molar-refractivity contribution >= 4 is 11.9 Å². The van der Waals surface area contributed by atoms with E-state index in [4.69, 9.17) is 0 Å². The highest BCUT2D eigenvalue weighted by Crippen LogP contribution is 2.24. The van der Waals surface area contributed by atoms with E-state index in [0.717, 1.165) is 5.82 Å². The Hall–Kier alpha value is -2.10. The van der Waals surface area contributed by atoms with E-state index in [9.17, 15) is 5.11 Å². The van der Waals surface area contributed by atoms with Gasteiger partial charge in [0.25, 0.3) is 0 Å². The molecule has 0 aliphatic heterocycles. The van der Waals surface area contributed by atoms with Gasteiger partial charge in [0, 0.05) is 19.4 Å². The smallest absolute Gasteiger partial charge is 0.150 e. The zero-order valence-corrected chi connectivity index (χ0v) is 8.33. The molecular formula is C11H11N3O. The molecule has 2 aromatic rings. The van der Waals surface area contributed by atoms with E-state index >= 15 is 0 Å². The van der Waals surface area contributed by atoms with Crippen molar-refractivity contribution in [3.63, 3.8) is 0 Å². The highest BCUT2D eigenvalue weighted by atomic mass is 16.3. The van der Waals surface area contributed by atoms with Gasteiger partial charge in [0.2, 0.25) is 0 Å². The summed E-state index contributed by atoms with van der Waals surface area (Å²) in [6, 6.07) is 6.93. The third-order valence-electron chi connectivity index (χ3n) is 2.06. The maximum absolute atomic E-state index is 9.47. The molecule has 0 atom stereocenters. The molecule has 0 saturated heterocycles. The molecule has 0 spiro atoms. The van der Waals surface area contributed by atoms with Crippen LogP contribution >= 0.6 is 0 Å². The topological polar surface area (TPSA) is 50.4 Å². The molecule has 15 heavy (non-hydrogen) atoms. The molecule has 1 aromatic heterocycles. The van der Waals surface area contributed by atoms with Crippen LogP contribution in [0.15, 0.2) is 41.7 Å². The molecule has 0 bridgehead atoms. The molecule has 0 unspecified atom stereocenters. The quantitative estimate of drug-likeness (QED) is 0.754. The van der Waals surface area contributed by atoms with E-state index in [1.165, 1.54) is 0 Å². The maximum atomic E-state index is 9.47. The van der Waals surface area contributed by atoms with E-state index in [0.29, 0.717) is 5.69 Å². The van der Waals surface area contributed by atoms with Crippen molar-refractivity contribution in [1.82, 2.24) is 9.55 Å². The second kappa shape index (κ2) is 3.96. The standard InChI is InChI=1S/C11H11N3O/c1-14-7-6-12-11(14)8-13-9-4-2-3-5-10(9)15/h2-8,15H,1H3. The average molecular weight is 201 g/mol. The maximum Gasteiger partial charge on any atom is 0.150 e. The predicted octanol–water partition coefficient (Wildman–Crippen LogP) is 1.88. The van der Waals surface area contributed by atoms with Gasteiger partial charge in [0.15, 0.2) is 5.82 Å². The number of phenols is 1. The molecule has 0 aliphatic rings. The number of phenolic OH excluding ortho intramolecular Hbond substituents is 1. The number of nitrogens with zero attached hydrogens (tertiary/aromatic N) is 3. The van der Waals surface area contributed by atoms with Crippen LogP contribution in [0.4, 0.5) is 5.69 Å². The summed E-state index contributed by atoms with van der Waals surface area (Å²) in [6.45, 7) is 0. The Morgan fingerprint density at radius 2 is 2.20 bits per heavy atom. The number of hydrogen-bond acceptors (Lipinski definition) is 3. The van der Waals surface area contributed by atoms with Crippen LogP contribution in [0, 0.1) is 0 Å². The number of aliphatic imine (C=N–C) groups is 1. The molecule has 76 valence electrons. The first kappa shape index (κ1) is 9.45. The number of aryl methyl sites for hydroxylation is 1. The number of aromatic nitrogens is 2. The van der Waals surface area contributed by atoms with Crippen LogP contribution in [0.1, 0.15) is 5.82 Å². The predicted molar refractivity (Wildman–Crippen MR) is 58.6 cm³/mol. The van der Waals surface area contributed by atoms with Gasteiger partial charge in [-0.15, -0.1) is 0 Å². The van der Waals surface area contributed by atoms with Gasteiger partial charge in [-0.2, -0.15) is 0 Å². The highest BCUT2D eigenvalue weighted by molar-refractivity contribution is 5.78. The molecule has 1 aromatic carbocycles. The molecule has 4 heteroatoms. The van der Waals surface area contributed by atoms with E-state index < -0.39 is 0 Å². The molecular weight excluding hydrogens is 190 g/mol. The van der Waals surface area contributed by atoms with Crippen LogP contribution in [0.25, 0.3) is 0 Å². The van der Waals surface area contributed by atoms with E-state index in [-0.39, 0.29) is 5.75 Å². The minimum absolute atomic E-state index is 0.169. The zero-order valence-electron chi connectivity index (χ0n) is 8.33. The molecule has 0 amide bonds. The lowest BCUT2D eigenvalue weighted by atomic mass is 10.3. The van der Waals surface area contributed by atoms with Crippen LogP contribution < -0.4 is 0 Å². The number of hydrogen-bond donors (Lipinski definition) is 1. The summed E-state index contributed by atoms with van der Waals surface area (Å²) in [5.74, 6) is 0.918. The minimum Gasteiger partial charge on any atom is -0.506 e. The molecule has 2 rings (SSSR count). The van der Waals surface area contributed by atoms with Crippen molar-refractivity contribution < 1.29 is 5.11 Å². The van der Waals surface area contributed by atoms with Crippen molar-refractivity contribution in [2.45, 2.75) is 0 Å². The normalized spacial score (nSPS) is 11.0. The van der Waals surface area contributed by atoms with Crippen molar-refractivity contribution in [2.75, 3.05) is 0 Å². The first-order valence-corrected chi connectivity index (χ1v) is 4.57. The summed E-state index contributed by atoms with van der Waals surface area (Å²) in [6.07, 6.45) is 5.16. The lowest BCUT2D eigenvalue weighted by molar-refractivity contribution is 0.477. The Balaban J connectivity index is 2.26. The van der Waals surface area contributed by atoms with Gasteiger partial charge in [-0.3, -0.25) is 0 Å². The van der Waals surface area contributed by atoms with E-state index in [1.807, 2.05) is 23.9 Å². The van der Waals surface area contributed by atoms with E-state index in [2.05, 4.69) is 9.98 Å². The molecule has 4 nitrogen and oxygen atoms in total. The summed E-state index contributed by atoms with van der Waals surface area (Å²) < 4.78 is 1.85. The Bertz CT molecular complexity index is 488. The van der Waals surface area contributed by atoms with Crippen molar-refractivity contribution in [2.24, 2.45) is 12.0 Å². The number of aromatic hydroxyl groups is 1. The lowest BCUT2D eigenvalue weighted by Crippen LogP contribution is -1.94. The molecule has 0 aliphatic carbocycles. The summed E-state index contributed by atoms with van der Waals surface area (Å²) in [4.78, 5) is 8.24. The Kier molecular flexibility index (Phi) is 2.49. The van der Waals surface area contributed by atoms with Crippen molar-refractivity contribution in [1.29, 1.82) is 0 Å². The average Bonchev–Trinajstić information content (AvgIpc) is 2.63. The third-order valence-corrected chi connectivity index (χ3v) is 2.06. The highest BCUT2D eigenvalue weighted by Gasteiger charge is 1.97. The fourth-order valence-electron chi connectivity index (χ4n) is 1.20. The fraction of sp³-hybridized carbons (Fsp3) is 0.0909. The Morgan fingerprint density at radius 1 is 1.40 bits per heavy atom. The van der Waals surface area contributed by atoms with Gasteiger partial charge >= 0.3 is 0 Å². The van der Waals surface area contributed by atoms with Crippen molar-refractivity contribution in [3.8, 4) is 5.75 Å². The number of imidazole rings is 1. The van der Waals surface area contributed by atoms with Crippen LogP contribution in [0.2, 0.25) is 0 Å². The third kappa shape index (κ3) is 2.04. The lowest BCUT2D eigenvalue weighted by Gasteiger charge is -1.97. The van der Waals surface area contributed by atoms with Gasteiger partial charge < -0.3 is 9.67 Å². The summed E-state index contributed by atoms with van der Waals surface area (Å²) in [5, 5.41) is 9.47. The summed E-state index contributed by atoms with van der Waals surface area (Å²) in [5.41, 5.74) is 0.542. The van der Waals surface area contributed by atoms with Gasteiger partial charge in [0.1, 0.15) is 11.4 Å². The van der Waals surface area contributed by atoms with Crippen LogP contribution in [0.3, 0.4) is 0 Å². The van der Waals surface area contributed by atoms with Gasteiger partial charge in [-0.05, 0) is 12.1 Å². The van der Waals surface area contributed by atoms with Crippen molar-refractivity contribution in [3.05, 3.63) is 42.5 Å². The molecule has 1 heterocycles.